The number of amides is 1. The summed E-state index contributed by atoms with van der Waals surface area (Å²) in [6.45, 7) is 0.971. The van der Waals surface area contributed by atoms with Crippen LogP contribution in [0.1, 0.15) is 31.0 Å². The Labute approximate surface area is 193 Å². The summed E-state index contributed by atoms with van der Waals surface area (Å²) in [6.07, 6.45) is 4.07. The van der Waals surface area contributed by atoms with Crippen molar-refractivity contribution in [3.8, 4) is 16.8 Å². The first-order valence-corrected chi connectivity index (χ1v) is 11.3. The van der Waals surface area contributed by atoms with Gasteiger partial charge in [0.05, 0.1) is 11.2 Å². The van der Waals surface area contributed by atoms with Crippen molar-refractivity contribution in [1.29, 1.82) is 0 Å². The van der Waals surface area contributed by atoms with Crippen LogP contribution in [0.15, 0.2) is 53.5 Å². The topological polar surface area (TPSA) is 83.9 Å². The Morgan fingerprint density at radius 1 is 1.06 bits per heavy atom. The number of likely N-dealkylation sites (tertiary alicyclic amines) is 1. The number of pyridine rings is 1. The van der Waals surface area contributed by atoms with E-state index < -0.39 is 17.3 Å². The number of hydrogen-bond acceptors (Lipinski definition) is 4. The maximum atomic E-state index is 15.3. The maximum absolute atomic E-state index is 15.3. The van der Waals surface area contributed by atoms with Crippen molar-refractivity contribution in [3.05, 3.63) is 76.6 Å². The summed E-state index contributed by atoms with van der Waals surface area (Å²) in [7, 11) is 0. The average Bonchev–Trinajstić information content (AvgIpc) is 3.47. The first kappa shape index (κ1) is 20.7. The van der Waals surface area contributed by atoms with Crippen LogP contribution in [0.2, 0.25) is 0 Å². The van der Waals surface area contributed by atoms with E-state index in [4.69, 9.17) is 0 Å². The number of aromatic nitrogens is 4. The van der Waals surface area contributed by atoms with E-state index >= 15 is 8.78 Å². The molecule has 34 heavy (non-hydrogen) atoms. The van der Waals surface area contributed by atoms with Crippen molar-refractivity contribution in [3.63, 3.8) is 0 Å². The SMILES string of the molecule is O=C(C1CC1)N1CCC(c2n[nH]c(=O)n2-c2ccc(-c3ccc4cccnc4c3)c(F)c2F)C1. The first-order valence-electron chi connectivity index (χ1n) is 11.3. The molecule has 2 fully saturated rings. The lowest BCUT2D eigenvalue weighted by Crippen LogP contribution is -2.30. The molecule has 9 heteroatoms. The van der Waals surface area contributed by atoms with E-state index in [2.05, 4.69) is 15.2 Å². The van der Waals surface area contributed by atoms with Gasteiger partial charge in [-0.3, -0.25) is 9.78 Å². The molecule has 1 aliphatic heterocycles. The molecule has 1 N–H and O–H groups in total. The zero-order valence-corrected chi connectivity index (χ0v) is 18.2. The zero-order chi connectivity index (χ0) is 23.4. The van der Waals surface area contributed by atoms with Gasteiger partial charge in [0.15, 0.2) is 11.6 Å². The van der Waals surface area contributed by atoms with E-state index in [1.165, 1.54) is 12.1 Å². The normalized spacial score (nSPS) is 18.1. The smallest absolute Gasteiger partial charge is 0.342 e. The summed E-state index contributed by atoms with van der Waals surface area (Å²) in [6, 6.07) is 11.8. The van der Waals surface area contributed by atoms with Crippen LogP contribution < -0.4 is 5.69 Å². The largest absolute Gasteiger partial charge is 0.348 e. The van der Waals surface area contributed by atoms with E-state index in [-0.39, 0.29) is 29.0 Å². The van der Waals surface area contributed by atoms with Gasteiger partial charge in [0.2, 0.25) is 5.91 Å². The lowest BCUT2D eigenvalue weighted by molar-refractivity contribution is -0.131. The predicted molar refractivity (Wildman–Crippen MR) is 121 cm³/mol. The molecule has 1 atom stereocenters. The van der Waals surface area contributed by atoms with Crippen molar-refractivity contribution >= 4 is 16.8 Å². The van der Waals surface area contributed by atoms with Gasteiger partial charge >= 0.3 is 5.69 Å². The molecule has 2 aromatic heterocycles. The molecular weight excluding hydrogens is 440 g/mol. The van der Waals surface area contributed by atoms with Crippen molar-refractivity contribution in [1.82, 2.24) is 24.6 Å². The standard InChI is InChI=1S/C25H21F2N5O2/c26-21-18(16-6-3-14-2-1-10-28-19(14)12-16)7-8-20(22(21)27)32-23(29-30-25(32)34)17-9-11-31(13-17)24(33)15-4-5-15/h1-3,6-8,10,12,15,17H,4-5,9,11,13H2,(H,30,34). The fraction of sp³-hybridized carbons (Fsp3) is 0.280. The molecule has 0 spiro atoms. The highest BCUT2D eigenvalue weighted by Crippen LogP contribution is 2.35. The molecule has 1 unspecified atom stereocenters. The van der Waals surface area contributed by atoms with E-state index in [1.807, 2.05) is 12.1 Å². The lowest BCUT2D eigenvalue weighted by Gasteiger charge is -2.16. The first-order chi connectivity index (χ1) is 16.5. The monoisotopic (exact) mass is 461 g/mol. The molecule has 6 rings (SSSR count). The highest BCUT2D eigenvalue weighted by molar-refractivity contribution is 5.84. The van der Waals surface area contributed by atoms with Gasteiger partial charge < -0.3 is 4.90 Å². The predicted octanol–water partition coefficient (Wildman–Crippen LogP) is 3.78. The number of aromatic amines is 1. The van der Waals surface area contributed by atoms with E-state index in [0.717, 1.165) is 22.8 Å². The van der Waals surface area contributed by atoms with Crippen molar-refractivity contribution in [2.24, 2.45) is 5.92 Å². The third-order valence-electron chi connectivity index (χ3n) is 6.71. The molecule has 7 nitrogen and oxygen atoms in total. The van der Waals surface area contributed by atoms with Crippen LogP contribution in [-0.2, 0) is 4.79 Å². The second-order valence-corrected chi connectivity index (χ2v) is 8.94. The second kappa shape index (κ2) is 7.86. The van der Waals surface area contributed by atoms with Crippen LogP contribution in [0.5, 0.6) is 0 Å². The van der Waals surface area contributed by atoms with Gasteiger partial charge in [-0.05, 0) is 49.1 Å². The van der Waals surface area contributed by atoms with Crippen LogP contribution in [0, 0.1) is 17.6 Å². The van der Waals surface area contributed by atoms with Gasteiger partial charge in [-0.1, -0.05) is 18.2 Å². The number of rotatable bonds is 4. The van der Waals surface area contributed by atoms with Crippen LogP contribution in [0.3, 0.4) is 0 Å². The van der Waals surface area contributed by atoms with E-state index in [1.54, 1.807) is 29.3 Å². The minimum atomic E-state index is -1.13. The summed E-state index contributed by atoms with van der Waals surface area (Å²) < 4.78 is 31.7. The summed E-state index contributed by atoms with van der Waals surface area (Å²) >= 11 is 0. The summed E-state index contributed by atoms with van der Waals surface area (Å²) in [4.78, 5) is 31.0. The number of carbonyl (C=O) groups is 1. The van der Waals surface area contributed by atoms with Gasteiger partial charge in [-0.15, -0.1) is 0 Å². The molecule has 1 saturated carbocycles. The molecule has 1 aliphatic carbocycles. The van der Waals surface area contributed by atoms with Crippen molar-refractivity contribution < 1.29 is 13.6 Å². The third-order valence-corrected chi connectivity index (χ3v) is 6.71. The highest BCUT2D eigenvalue weighted by Gasteiger charge is 2.38. The Bertz CT molecular complexity index is 1490. The molecule has 0 radical (unpaired) electrons. The lowest BCUT2D eigenvalue weighted by atomic mass is 10.0. The van der Waals surface area contributed by atoms with Gasteiger partial charge in [-0.25, -0.2) is 23.2 Å². The Balaban J connectivity index is 1.36. The Morgan fingerprint density at radius 2 is 1.91 bits per heavy atom. The second-order valence-electron chi connectivity index (χ2n) is 8.94. The molecule has 2 aliphatic rings. The van der Waals surface area contributed by atoms with Gasteiger partial charge in [0, 0.05) is 42.1 Å². The van der Waals surface area contributed by atoms with E-state index in [9.17, 15) is 9.59 Å². The summed E-state index contributed by atoms with van der Waals surface area (Å²) in [5.41, 5.74) is 0.375. The number of halogens is 2. The molecule has 0 bridgehead atoms. The van der Waals surface area contributed by atoms with Crippen LogP contribution in [-0.4, -0.2) is 43.6 Å². The fourth-order valence-electron chi connectivity index (χ4n) is 4.74. The molecule has 3 heterocycles. The quantitative estimate of drug-likeness (QED) is 0.501. The molecule has 172 valence electrons. The van der Waals surface area contributed by atoms with E-state index in [0.29, 0.717) is 36.4 Å². The number of H-pyrrole nitrogens is 1. The molecule has 1 saturated heterocycles. The molecule has 4 aromatic rings. The maximum Gasteiger partial charge on any atom is 0.348 e. The molecule has 1 amide bonds. The Morgan fingerprint density at radius 3 is 2.74 bits per heavy atom. The minimum absolute atomic E-state index is 0.0777. The van der Waals surface area contributed by atoms with Gasteiger partial charge in [0.25, 0.3) is 0 Å². The zero-order valence-electron chi connectivity index (χ0n) is 18.2. The molecule has 2 aromatic carbocycles. The average molecular weight is 461 g/mol. The molecular formula is C25H21F2N5O2. The summed E-state index contributed by atoms with van der Waals surface area (Å²) in [5.74, 6) is -1.90. The van der Waals surface area contributed by atoms with Crippen LogP contribution in [0.4, 0.5) is 8.78 Å². The number of nitrogens with zero attached hydrogens (tertiary/aromatic N) is 4. The third kappa shape index (κ3) is 3.39. The number of fused-ring (bicyclic) bond motifs is 1. The fourth-order valence-corrected chi connectivity index (χ4v) is 4.74. The number of carbonyl (C=O) groups excluding carboxylic acids is 1. The minimum Gasteiger partial charge on any atom is -0.342 e. The summed E-state index contributed by atoms with van der Waals surface area (Å²) in [5, 5.41) is 7.36. The number of hydrogen-bond donors (Lipinski definition) is 1. The van der Waals surface area contributed by atoms with Gasteiger partial charge in [0.1, 0.15) is 5.82 Å². The Hall–Kier alpha value is -3.88. The number of nitrogens with one attached hydrogen (secondary N) is 1. The van der Waals surface area contributed by atoms with Gasteiger partial charge in [-0.2, -0.15) is 5.10 Å². The Kier molecular flexibility index (Phi) is 4.79. The van der Waals surface area contributed by atoms with Crippen LogP contribution >= 0.6 is 0 Å². The highest BCUT2D eigenvalue weighted by atomic mass is 19.2. The van der Waals surface area contributed by atoms with Crippen molar-refractivity contribution in [2.45, 2.75) is 25.2 Å². The van der Waals surface area contributed by atoms with Crippen molar-refractivity contribution in [2.75, 3.05) is 13.1 Å². The van der Waals surface area contributed by atoms with Crippen LogP contribution in [0.25, 0.3) is 27.7 Å². The number of benzene rings is 2.